The molecule has 0 atom stereocenters. The summed E-state index contributed by atoms with van der Waals surface area (Å²) in [6.45, 7) is 14.8. The second kappa shape index (κ2) is 8.09. The minimum Gasteiger partial charge on any atom is -0.418 e. The smallest absolute Gasteiger partial charge is 0.220 e. The van der Waals surface area contributed by atoms with Gasteiger partial charge in [0.1, 0.15) is 0 Å². The highest BCUT2D eigenvalue weighted by Gasteiger charge is 2.14. The van der Waals surface area contributed by atoms with E-state index in [1.54, 1.807) is 0 Å². The molecule has 0 aliphatic heterocycles. The molecule has 0 aliphatic carbocycles. The second-order valence-corrected chi connectivity index (χ2v) is 15.4. The van der Waals surface area contributed by atoms with Crippen molar-refractivity contribution in [2.45, 2.75) is 52.1 Å². The van der Waals surface area contributed by atoms with Gasteiger partial charge in [-0.25, -0.2) is 0 Å². The minimum atomic E-state index is -1.45. The van der Waals surface area contributed by atoms with Gasteiger partial charge in [0, 0.05) is 19.6 Å². The first-order valence-electron chi connectivity index (χ1n) is 6.65. The molecule has 0 bridgehead atoms. The van der Waals surface area contributed by atoms with Crippen molar-refractivity contribution in [3.05, 3.63) is 0 Å². The van der Waals surface area contributed by atoms with E-state index >= 15 is 0 Å². The summed E-state index contributed by atoms with van der Waals surface area (Å²) in [5, 5.41) is 2.87. The minimum absolute atomic E-state index is 0.0911. The standard InChI is InChI=1S/C12H29NO3Si2/c1-17(2,3)15-10-7-8-12(14)13-9-11-16-18(4,5)6/h7-11H2,1-6H3,(H,13,14). The molecule has 0 spiro atoms. The lowest BCUT2D eigenvalue weighted by Crippen LogP contribution is -2.33. The molecular formula is C12H29NO3Si2. The van der Waals surface area contributed by atoms with Crippen molar-refractivity contribution in [2.24, 2.45) is 0 Å². The summed E-state index contributed by atoms with van der Waals surface area (Å²) in [6, 6.07) is 0. The Kier molecular flexibility index (Phi) is 8.01. The van der Waals surface area contributed by atoms with E-state index in [0.29, 0.717) is 26.2 Å². The molecule has 6 heteroatoms. The van der Waals surface area contributed by atoms with E-state index in [1.807, 2.05) is 0 Å². The van der Waals surface area contributed by atoms with Crippen LogP contribution in [0, 0.1) is 0 Å². The first-order chi connectivity index (χ1) is 8.10. The third-order valence-electron chi connectivity index (χ3n) is 2.04. The molecule has 0 aliphatic rings. The van der Waals surface area contributed by atoms with E-state index in [0.717, 1.165) is 6.42 Å². The van der Waals surface area contributed by atoms with E-state index in [9.17, 15) is 4.79 Å². The molecule has 0 aromatic carbocycles. The molecule has 0 radical (unpaired) electrons. The molecule has 108 valence electrons. The van der Waals surface area contributed by atoms with Gasteiger partial charge < -0.3 is 14.2 Å². The Morgan fingerprint density at radius 3 is 1.94 bits per heavy atom. The maximum absolute atomic E-state index is 11.5. The van der Waals surface area contributed by atoms with Crippen molar-refractivity contribution < 1.29 is 13.6 Å². The van der Waals surface area contributed by atoms with Crippen LogP contribution in [-0.4, -0.2) is 42.3 Å². The number of carbonyl (C=O) groups excluding carboxylic acids is 1. The summed E-state index contributed by atoms with van der Waals surface area (Å²) in [5.41, 5.74) is 0. The Balaban J connectivity index is 3.44. The quantitative estimate of drug-likeness (QED) is 0.525. The van der Waals surface area contributed by atoms with E-state index in [2.05, 4.69) is 44.6 Å². The fourth-order valence-corrected chi connectivity index (χ4v) is 2.72. The van der Waals surface area contributed by atoms with Crippen molar-refractivity contribution in [3.63, 3.8) is 0 Å². The average molecular weight is 292 g/mol. The SMILES string of the molecule is C[Si](C)(C)OCCCC(=O)NCCO[Si](C)(C)C. The molecule has 0 aromatic heterocycles. The monoisotopic (exact) mass is 291 g/mol. The number of amides is 1. The summed E-state index contributed by atoms with van der Waals surface area (Å²) in [7, 11) is -2.88. The van der Waals surface area contributed by atoms with Crippen LogP contribution >= 0.6 is 0 Å². The number of nitrogens with one attached hydrogen (secondary N) is 1. The molecule has 1 amide bonds. The Morgan fingerprint density at radius 1 is 0.944 bits per heavy atom. The summed E-state index contributed by atoms with van der Waals surface area (Å²) in [5.74, 6) is 0.0911. The molecule has 4 nitrogen and oxygen atoms in total. The largest absolute Gasteiger partial charge is 0.418 e. The van der Waals surface area contributed by atoms with Gasteiger partial charge in [-0.3, -0.25) is 4.79 Å². The molecule has 18 heavy (non-hydrogen) atoms. The molecule has 0 aromatic rings. The fraction of sp³-hybridized carbons (Fsp3) is 0.917. The highest BCUT2D eigenvalue weighted by molar-refractivity contribution is 6.70. The molecule has 0 saturated carbocycles. The number of rotatable bonds is 9. The Labute approximate surface area is 114 Å². The summed E-state index contributed by atoms with van der Waals surface area (Å²) < 4.78 is 11.3. The lowest BCUT2D eigenvalue weighted by atomic mass is 10.3. The summed E-state index contributed by atoms with van der Waals surface area (Å²) in [6.07, 6.45) is 1.34. The average Bonchev–Trinajstić information content (AvgIpc) is 2.17. The Bertz CT molecular complexity index is 223. The predicted molar refractivity (Wildman–Crippen MR) is 80.8 cm³/mol. The lowest BCUT2D eigenvalue weighted by Gasteiger charge is -2.18. The maximum atomic E-state index is 11.5. The third-order valence-corrected chi connectivity index (χ3v) is 4.18. The van der Waals surface area contributed by atoms with Gasteiger partial charge in [-0.1, -0.05) is 0 Å². The zero-order chi connectivity index (χ0) is 14.2. The van der Waals surface area contributed by atoms with Gasteiger partial charge in [0.25, 0.3) is 0 Å². The van der Waals surface area contributed by atoms with Crippen LogP contribution in [0.1, 0.15) is 12.8 Å². The van der Waals surface area contributed by atoms with Crippen LogP contribution < -0.4 is 5.32 Å². The van der Waals surface area contributed by atoms with Gasteiger partial charge >= 0.3 is 0 Å². The van der Waals surface area contributed by atoms with Crippen LogP contribution in [0.5, 0.6) is 0 Å². The van der Waals surface area contributed by atoms with Crippen LogP contribution in [0.4, 0.5) is 0 Å². The third kappa shape index (κ3) is 13.9. The van der Waals surface area contributed by atoms with Gasteiger partial charge in [0.2, 0.25) is 5.91 Å². The fourth-order valence-electron chi connectivity index (χ4n) is 1.25. The molecule has 0 fully saturated rings. The van der Waals surface area contributed by atoms with Gasteiger partial charge in [-0.05, 0) is 45.7 Å². The van der Waals surface area contributed by atoms with Crippen molar-refractivity contribution in [1.29, 1.82) is 0 Å². The maximum Gasteiger partial charge on any atom is 0.220 e. The second-order valence-electron chi connectivity index (χ2n) is 6.38. The van der Waals surface area contributed by atoms with Gasteiger partial charge in [0.05, 0.1) is 6.61 Å². The Morgan fingerprint density at radius 2 is 1.44 bits per heavy atom. The van der Waals surface area contributed by atoms with Crippen LogP contribution in [0.3, 0.4) is 0 Å². The summed E-state index contributed by atoms with van der Waals surface area (Å²) >= 11 is 0. The van der Waals surface area contributed by atoms with Crippen LogP contribution in [0.2, 0.25) is 39.3 Å². The van der Waals surface area contributed by atoms with Gasteiger partial charge in [-0.2, -0.15) is 0 Å². The number of carbonyl (C=O) groups is 1. The van der Waals surface area contributed by atoms with Crippen LogP contribution in [-0.2, 0) is 13.6 Å². The van der Waals surface area contributed by atoms with Crippen molar-refractivity contribution in [1.82, 2.24) is 5.32 Å². The molecule has 1 N–H and O–H groups in total. The zero-order valence-corrected chi connectivity index (χ0v) is 14.8. The lowest BCUT2D eigenvalue weighted by molar-refractivity contribution is -0.121. The van der Waals surface area contributed by atoms with Gasteiger partial charge in [0.15, 0.2) is 16.6 Å². The van der Waals surface area contributed by atoms with E-state index in [1.165, 1.54) is 0 Å². The molecule has 0 unspecified atom stereocenters. The van der Waals surface area contributed by atoms with E-state index < -0.39 is 16.6 Å². The van der Waals surface area contributed by atoms with E-state index in [4.69, 9.17) is 8.85 Å². The first-order valence-corrected chi connectivity index (χ1v) is 13.5. The summed E-state index contributed by atoms with van der Waals surface area (Å²) in [4.78, 5) is 11.5. The number of hydrogen-bond donors (Lipinski definition) is 1. The van der Waals surface area contributed by atoms with Crippen LogP contribution in [0.15, 0.2) is 0 Å². The topological polar surface area (TPSA) is 47.6 Å². The van der Waals surface area contributed by atoms with Crippen molar-refractivity contribution >= 4 is 22.5 Å². The normalized spacial score (nSPS) is 12.6. The highest BCUT2D eigenvalue weighted by Crippen LogP contribution is 2.04. The molecule has 0 heterocycles. The predicted octanol–water partition coefficient (Wildman–Crippen LogP) is 2.59. The molecule has 0 saturated heterocycles. The van der Waals surface area contributed by atoms with Crippen LogP contribution in [0.25, 0.3) is 0 Å². The number of hydrogen-bond acceptors (Lipinski definition) is 3. The highest BCUT2D eigenvalue weighted by atomic mass is 28.4. The van der Waals surface area contributed by atoms with E-state index in [-0.39, 0.29) is 5.91 Å². The Hall–Kier alpha value is -0.176. The van der Waals surface area contributed by atoms with Crippen molar-refractivity contribution in [2.75, 3.05) is 19.8 Å². The van der Waals surface area contributed by atoms with Gasteiger partial charge in [-0.15, -0.1) is 0 Å². The zero-order valence-electron chi connectivity index (χ0n) is 12.8. The van der Waals surface area contributed by atoms with Crippen molar-refractivity contribution in [3.8, 4) is 0 Å². The molecule has 0 rings (SSSR count). The molecular weight excluding hydrogens is 262 g/mol. The first kappa shape index (κ1) is 17.8.